The molecule has 2 rings (SSSR count). The molecule has 0 aliphatic rings. The Kier molecular flexibility index (Phi) is 3.96. The molecular weight excluding hydrogens is 308 g/mol. The summed E-state index contributed by atoms with van der Waals surface area (Å²) in [7, 11) is -4.79. The number of aromatic nitrogens is 4. The highest BCUT2D eigenvalue weighted by Crippen LogP contribution is 2.12. The van der Waals surface area contributed by atoms with Gasteiger partial charge in [0.2, 0.25) is 0 Å². The van der Waals surface area contributed by atoms with Gasteiger partial charge in [-0.1, -0.05) is 39.3 Å². The summed E-state index contributed by atoms with van der Waals surface area (Å²) >= 11 is 0. The van der Waals surface area contributed by atoms with Gasteiger partial charge in [-0.05, 0) is 25.2 Å². The van der Waals surface area contributed by atoms with Crippen LogP contribution >= 0.6 is 0 Å². The van der Waals surface area contributed by atoms with Crippen molar-refractivity contribution in [3.8, 4) is 0 Å². The fraction of sp³-hybridized carbons (Fsp3) is 0.571. The third kappa shape index (κ3) is 3.00. The molecule has 0 saturated heterocycles. The molecule has 0 radical (unpaired) electrons. The van der Waals surface area contributed by atoms with Crippen LogP contribution in [0.15, 0.2) is 24.5 Å². The lowest BCUT2D eigenvalue weighted by atomic mass is 10.8. The molecule has 0 aliphatic carbocycles. The van der Waals surface area contributed by atoms with Gasteiger partial charge in [0, 0.05) is 23.0 Å². The zero-order valence-electron chi connectivity index (χ0n) is 14.6. The van der Waals surface area contributed by atoms with Crippen LogP contribution in [0.1, 0.15) is 0 Å². The summed E-state index contributed by atoms with van der Waals surface area (Å²) in [6, 6.07) is 4.41. The van der Waals surface area contributed by atoms with Crippen LogP contribution < -0.4 is 10.6 Å². The highest BCUT2D eigenvalue weighted by Gasteiger charge is 2.37. The van der Waals surface area contributed by atoms with Crippen LogP contribution in [0.3, 0.4) is 0 Å². The van der Waals surface area contributed by atoms with Crippen LogP contribution in [0.2, 0.25) is 52.4 Å². The van der Waals surface area contributed by atoms with Gasteiger partial charge >= 0.3 is 8.40 Å². The molecule has 0 aromatic carbocycles. The van der Waals surface area contributed by atoms with Gasteiger partial charge in [0.15, 0.2) is 0 Å². The maximum Gasteiger partial charge on any atom is 0.302 e. The van der Waals surface area contributed by atoms with Gasteiger partial charge in [0.25, 0.3) is 0 Å². The summed E-state index contributed by atoms with van der Waals surface area (Å²) < 4.78 is 4.63. The minimum atomic E-state index is -1.98. The summed E-state index contributed by atoms with van der Waals surface area (Å²) in [6.45, 7) is 19.0. The van der Waals surface area contributed by atoms with Crippen molar-refractivity contribution in [1.82, 2.24) is 18.9 Å². The highest BCUT2D eigenvalue weighted by molar-refractivity contribution is 6.92. The van der Waals surface area contributed by atoms with E-state index in [0.717, 1.165) is 0 Å². The number of hydrogen-bond acceptors (Lipinski definition) is 2. The Balaban J connectivity index is 2.59. The third-order valence-electron chi connectivity index (χ3n) is 3.86. The van der Waals surface area contributed by atoms with E-state index in [9.17, 15) is 0 Å². The smallest absolute Gasteiger partial charge is 0.279 e. The fourth-order valence-electron chi connectivity index (χ4n) is 2.70. The lowest BCUT2D eigenvalue weighted by Gasteiger charge is -2.32. The molecule has 0 atom stereocenters. The maximum absolute atomic E-state index is 4.70. The van der Waals surface area contributed by atoms with Crippen LogP contribution in [0, 0.1) is 0 Å². The van der Waals surface area contributed by atoms with Crippen LogP contribution in [0.25, 0.3) is 0 Å². The monoisotopic (exact) mass is 336 g/mol. The van der Waals surface area contributed by atoms with Gasteiger partial charge in [-0.3, -0.25) is 8.69 Å². The van der Waals surface area contributed by atoms with E-state index in [2.05, 4.69) is 73.2 Å². The minimum absolute atomic E-state index is 1.41. The van der Waals surface area contributed by atoms with Gasteiger partial charge in [0.05, 0.1) is 16.1 Å². The number of hydrogen-bond donors (Lipinski definition) is 0. The Labute approximate surface area is 131 Å². The Morgan fingerprint density at radius 2 is 1.00 bits per heavy atom. The van der Waals surface area contributed by atoms with Crippen LogP contribution in [-0.2, 0) is 0 Å². The predicted molar refractivity (Wildman–Crippen MR) is 98.7 cm³/mol. The van der Waals surface area contributed by atoms with Crippen LogP contribution in [0.4, 0.5) is 0 Å². The van der Waals surface area contributed by atoms with Crippen molar-refractivity contribution in [1.29, 1.82) is 0 Å². The summed E-state index contributed by atoms with van der Waals surface area (Å²) in [4.78, 5) is 0. The molecule has 116 valence electrons. The number of rotatable bonds is 4. The molecule has 0 N–H and O–H groups in total. The molecule has 0 spiro atoms. The maximum atomic E-state index is 4.70. The summed E-state index contributed by atoms with van der Waals surface area (Å²) in [5.74, 6) is 0. The van der Waals surface area contributed by atoms with Gasteiger partial charge in [-0.15, -0.1) is 0 Å². The van der Waals surface area contributed by atoms with E-state index in [-0.39, 0.29) is 0 Å². The summed E-state index contributed by atoms with van der Waals surface area (Å²) in [6.07, 6.45) is 3.92. The first kappa shape index (κ1) is 16.4. The lowest BCUT2D eigenvalue weighted by molar-refractivity contribution is 0.842. The molecule has 7 heteroatoms. The van der Waals surface area contributed by atoms with Crippen molar-refractivity contribution in [2.45, 2.75) is 52.4 Å². The zero-order chi connectivity index (χ0) is 16.1. The fourth-order valence-corrected chi connectivity index (χ4v) is 11.1. The van der Waals surface area contributed by atoms with Gasteiger partial charge < -0.3 is 0 Å². The van der Waals surface area contributed by atoms with E-state index in [1.165, 1.54) is 10.6 Å². The van der Waals surface area contributed by atoms with E-state index < -0.39 is 24.5 Å². The topological polar surface area (TPSA) is 35.6 Å². The third-order valence-corrected chi connectivity index (χ3v) is 10.9. The second-order valence-electron chi connectivity index (χ2n) is 8.25. The van der Waals surface area contributed by atoms with Gasteiger partial charge in [-0.25, -0.2) is 0 Å². The van der Waals surface area contributed by atoms with Gasteiger partial charge in [-0.2, -0.15) is 10.2 Å². The Hall–Kier alpha value is -0.929. The standard InChI is InChI=1S/C14H28N4Si3/c1-19(2,3)13-9-11-15-17(13)21(7,8)18-14(10-12-16-18)20(4,5)6/h9-12H,1-8H3. The largest absolute Gasteiger partial charge is 0.302 e. The van der Waals surface area contributed by atoms with Crippen molar-refractivity contribution < 1.29 is 0 Å². The first-order chi connectivity index (χ1) is 9.45. The molecule has 0 fully saturated rings. The summed E-state index contributed by atoms with van der Waals surface area (Å²) in [5.41, 5.74) is 0. The first-order valence-corrected chi connectivity index (χ1v) is 17.4. The van der Waals surface area contributed by atoms with E-state index in [1.807, 2.05) is 12.4 Å². The van der Waals surface area contributed by atoms with E-state index >= 15 is 0 Å². The van der Waals surface area contributed by atoms with Crippen molar-refractivity contribution >= 4 is 35.2 Å². The van der Waals surface area contributed by atoms with Crippen molar-refractivity contribution in [2.24, 2.45) is 0 Å². The Morgan fingerprint density at radius 3 is 1.29 bits per heavy atom. The zero-order valence-corrected chi connectivity index (χ0v) is 17.6. The van der Waals surface area contributed by atoms with Crippen molar-refractivity contribution in [3.05, 3.63) is 24.5 Å². The van der Waals surface area contributed by atoms with E-state index in [1.54, 1.807) is 0 Å². The second-order valence-corrected chi connectivity index (χ2v) is 22.1. The van der Waals surface area contributed by atoms with Crippen LogP contribution in [0.5, 0.6) is 0 Å². The molecule has 0 bridgehead atoms. The average Bonchev–Trinajstić information content (AvgIpc) is 2.97. The first-order valence-electron chi connectivity index (χ1n) is 7.55. The molecule has 4 nitrogen and oxygen atoms in total. The molecule has 2 aromatic heterocycles. The Morgan fingerprint density at radius 1 is 0.667 bits per heavy atom. The SMILES string of the molecule is C[Si](C)(C)c1ccnn1[Si](C)(C)n1nccc1[Si](C)(C)C. The van der Waals surface area contributed by atoms with Crippen molar-refractivity contribution in [3.63, 3.8) is 0 Å². The van der Waals surface area contributed by atoms with Crippen molar-refractivity contribution in [2.75, 3.05) is 0 Å². The molecule has 2 aromatic rings. The molecule has 21 heavy (non-hydrogen) atoms. The molecule has 2 heterocycles. The molecule has 0 saturated carbocycles. The molecule has 0 unspecified atom stereocenters. The second kappa shape index (κ2) is 5.06. The van der Waals surface area contributed by atoms with Crippen LogP contribution in [-0.4, -0.2) is 43.4 Å². The molecular formula is C14H28N4Si3. The number of nitrogens with zero attached hydrogens (tertiary/aromatic N) is 4. The average molecular weight is 337 g/mol. The summed E-state index contributed by atoms with van der Waals surface area (Å²) in [5, 5.41) is 12.3. The van der Waals surface area contributed by atoms with E-state index in [4.69, 9.17) is 10.2 Å². The predicted octanol–water partition coefficient (Wildman–Crippen LogP) is 2.27. The van der Waals surface area contributed by atoms with E-state index in [0.29, 0.717) is 0 Å². The molecule has 0 amide bonds. The van der Waals surface area contributed by atoms with Gasteiger partial charge in [0.1, 0.15) is 0 Å². The normalized spacial score (nSPS) is 13.7. The highest BCUT2D eigenvalue weighted by atomic mass is 28.4. The lowest BCUT2D eigenvalue weighted by Crippen LogP contribution is -2.61. The molecule has 0 aliphatic heterocycles. The quantitative estimate of drug-likeness (QED) is 0.803. The minimum Gasteiger partial charge on any atom is -0.279 e. The Bertz CT molecular complexity index is 575.